The predicted molar refractivity (Wildman–Crippen MR) is 126 cm³/mol. The third-order valence-corrected chi connectivity index (χ3v) is 4.86. The molecule has 1 aromatic carbocycles. The van der Waals surface area contributed by atoms with E-state index in [1.54, 1.807) is 7.05 Å². The van der Waals surface area contributed by atoms with Crippen LogP contribution in [0.5, 0.6) is 0 Å². The predicted octanol–water partition coefficient (Wildman–Crippen LogP) is 2.93. The van der Waals surface area contributed by atoms with Crippen molar-refractivity contribution in [1.29, 1.82) is 0 Å². The SMILES string of the molecule is CN=C(NCCCOCC1CCCO1)NCc1cccc(N2CC=CC2)c1.I. The Labute approximate surface area is 185 Å². The van der Waals surface area contributed by atoms with Crippen LogP contribution in [0.3, 0.4) is 0 Å². The average molecular weight is 500 g/mol. The molecule has 0 aliphatic carbocycles. The molecule has 28 heavy (non-hydrogen) atoms. The summed E-state index contributed by atoms with van der Waals surface area (Å²) in [6.07, 6.45) is 7.96. The monoisotopic (exact) mass is 500 g/mol. The smallest absolute Gasteiger partial charge is 0.191 e. The van der Waals surface area contributed by atoms with Gasteiger partial charge in [-0.2, -0.15) is 0 Å². The third-order valence-electron chi connectivity index (χ3n) is 4.86. The Bertz CT molecular complexity index is 625. The number of hydrogen-bond acceptors (Lipinski definition) is 4. The van der Waals surface area contributed by atoms with Crippen molar-refractivity contribution < 1.29 is 9.47 Å². The van der Waals surface area contributed by atoms with Gasteiger partial charge in [-0.05, 0) is 37.0 Å². The molecule has 1 atom stereocenters. The summed E-state index contributed by atoms with van der Waals surface area (Å²) >= 11 is 0. The highest BCUT2D eigenvalue weighted by Crippen LogP contribution is 2.18. The van der Waals surface area contributed by atoms with Gasteiger partial charge in [0, 0.05) is 52.1 Å². The second kappa shape index (κ2) is 13.0. The molecular weight excluding hydrogens is 467 g/mol. The standard InChI is InChI=1S/C21H32N4O2.HI/c1-22-21(23-10-6-13-26-17-20-9-5-14-27-20)24-16-18-7-4-8-19(15-18)25-11-2-3-12-25;/h2-4,7-8,15,20H,5-6,9-14,16-17H2,1H3,(H2,22,23,24);1H. The van der Waals surface area contributed by atoms with E-state index in [0.717, 1.165) is 71.2 Å². The molecule has 0 bridgehead atoms. The molecule has 2 aliphatic rings. The van der Waals surface area contributed by atoms with E-state index in [4.69, 9.17) is 9.47 Å². The number of rotatable bonds is 9. The minimum absolute atomic E-state index is 0. The van der Waals surface area contributed by atoms with Crippen molar-refractivity contribution >= 4 is 35.6 Å². The van der Waals surface area contributed by atoms with Crippen LogP contribution in [-0.4, -0.2) is 58.6 Å². The lowest BCUT2D eigenvalue weighted by atomic mass is 10.2. The van der Waals surface area contributed by atoms with Gasteiger partial charge in [-0.25, -0.2) is 0 Å². The lowest BCUT2D eigenvalue weighted by molar-refractivity contribution is 0.0168. The van der Waals surface area contributed by atoms with Crippen LogP contribution >= 0.6 is 24.0 Å². The molecule has 6 nitrogen and oxygen atoms in total. The van der Waals surface area contributed by atoms with Gasteiger partial charge >= 0.3 is 0 Å². The zero-order valence-corrected chi connectivity index (χ0v) is 19.1. The van der Waals surface area contributed by atoms with Gasteiger partial charge in [-0.3, -0.25) is 4.99 Å². The van der Waals surface area contributed by atoms with Gasteiger partial charge in [0.25, 0.3) is 0 Å². The number of ether oxygens (including phenoxy) is 2. The zero-order valence-electron chi connectivity index (χ0n) is 16.7. The van der Waals surface area contributed by atoms with Crippen LogP contribution in [0, 0.1) is 0 Å². The van der Waals surface area contributed by atoms with Crippen LogP contribution in [-0.2, 0) is 16.0 Å². The summed E-state index contributed by atoms with van der Waals surface area (Å²) in [5, 5.41) is 6.73. The van der Waals surface area contributed by atoms with E-state index >= 15 is 0 Å². The van der Waals surface area contributed by atoms with E-state index < -0.39 is 0 Å². The summed E-state index contributed by atoms with van der Waals surface area (Å²) in [5.74, 6) is 0.822. The highest BCUT2D eigenvalue weighted by Gasteiger charge is 2.14. The van der Waals surface area contributed by atoms with E-state index in [1.807, 2.05) is 0 Å². The van der Waals surface area contributed by atoms with Gasteiger partial charge in [-0.1, -0.05) is 24.3 Å². The van der Waals surface area contributed by atoms with E-state index in [9.17, 15) is 0 Å². The number of hydrogen-bond donors (Lipinski definition) is 2. The third kappa shape index (κ3) is 7.60. The molecule has 0 amide bonds. The Morgan fingerprint density at radius 1 is 1.29 bits per heavy atom. The van der Waals surface area contributed by atoms with Crippen LogP contribution in [0.1, 0.15) is 24.8 Å². The Morgan fingerprint density at radius 3 is 2.89 bits per heavy atom. The van der Waals surface area contributed by atoms with Crippen molar-refractivity contribution in [3.63, 3.8) is 0 Å². The van der Waals surface area contributed by atoms with Crippen LogP contribution in [0.4, 0.5) is 5.69 Å². The second-order valence-electron chi connectivity index (χ2n) is 6.96. The molecule has 0 spiro atoms. The van der Waals surface area contributed by atoms with Crippen molar-refractivity contribution in [3.8, 4) is 0 Å². The molecule has 7 heteroatoms. The fourth-order valence-corrected chi connectivity index (χ4v) is 3.33. The largest absolute Gasteiger partial charge is 0.379 e. The lowest BCUT2D eigenvalue weighted by Gasteiger charge is -2.19. The first-order valence-corrected chi connectivity index (χ1v) is 9.98. The molecule has 3 rings (SSSR count). The van der Waals surface area contributed by atoms with Gasteiger partial charge < -0.3 is 25.0 Å². The number of nitrogens with zero attached hydrogens (tertiary/aromatic N) is 2. The molecule has 2 aliphatic heterocycles. The highest BCUT2D eigenvalue weighted by molar-refractivity contribution is 14.0. The summed E-state index contributed by atoms with van der Waals surface area (Å²) in [6.45, 7) is 5.93. The number of nitrogens with one attached hydrogen (secondary N) is 2. The van der Waals surface area contributed by atoms with Gasteiger partial charge in [-0.15, -0.1) is 24.0 Å². The van der Waals surface area contributed by atoms with Crippen LogP contribution < -0.4 is 15.5 Å². The van der Waals surface area contributed by atoms with Crippen LogP contribution in [0.25, 0.3) is 0 Å². The van der Waals surface area contributed by atoms with E-state index in [2.05, 4.69) is 56.9 Å². The maximum atomic E-state index is 5.69. The average Bonchev–Trinajstić information content (AvgIpc) is 3.41. The summed E-state index contributed by atoms with van der Waals surface area (Å²) in [5.41, 5.74) is 2.52. The minimum atomic E-state index is 0. The van der Waals surface area contributed by atoms with Crippen LogP contribution in [0.2, 0.25) is 0 Å². The number of guanidine groups is 1. The maximum Gasteiger partial charge on any atom is 0.191 e. The summed E-state index contributed by atoms with van der Waals surface area (Å²) < 4.78 is 11.2. The Hall–Kier alpha value is -1.32. The zero-order chi connectivity index (χ0) is 18.7. The normalized spacial score (nSPS) is 19.0. The summed E-state index contributed by atoms with van der Waals surface area (Å²) in [6, 6.07) is 8.67. The van der Waals surface area contributed by atoms with Crippen molar-refractivity contribution in [2.75, 3.05) is 51.4 Å². The van der Waals surface area contributed by atoms with Gasteiger partial charge in [0.2, 0.25) is 0 Å². The summed E-state index contributed by atoms with van der Waals surface area (Å²) in [4.78, 5) is 6.65. The topological polar surface area (TPSA) is 58.1 Å². The van der Waals surface area contributed by atoms with Crippen molar-refractivity contribution in [2.45, 2.75) is 31.9 Å². The van der Waals surface area contributed by atoms with E-state index in [1.165, 1.54) is 11.3 Å². The molecule has 2 heterocycles. The molecule has 1 aromatic rings. The second-order valence-corrected chi connectivity index (χ2v) is 6.96. The summed E-state index contributed by atoms with van der Waals surface area (Å²) in [7, 11) is 1.80. The van der Waals surface area contributed by atoms with Gasteiger partial charge in [0.05, 0.1) is 12.7 Å². The molecule has 156 valence electrons. The first-order valence-electron chi connectivity index (χ1n) is 9.98. The molecule has 1 saturated heterocycles. The number of benzene rings is 1. The minimum Gasteiger partial charge on any atom is -0.379 e. The lowest BCUT2D eigenvalue weighted by Crippen LogP contribution is -2.37. The molecule has 1 fully saturated rings. The first-order chi connectivity index (χ1) is 13.3. The number of aliphatic imine (C=N–C) groups is 1. The molecular formula is C21H33IN4O2. The molecule has 2 N–H and O–H groups in total. The Kier molecular flexibility index (Phi) is 10.7. The number of halogens is 1. The molecule has 0 aromatic heterocycles. The fraction of sp³-hybridized carbons (Fsp3) is 0.571. The van der Waals surface area contributed by atoms with Crippen molar-refractivity contribution in [2.24, 2.45) is 4.99 Å². The molecule has 1 unspecified atom stereocenters. The van der Waals surface area contributed by atoms with Crippen LogP contribution in [0.15, 0.2) is 41.4 Å². The first kappa shape index (κ1) is 23.0. The van der Waals surface area contributed by atoms with Crippen molar-refractivity contribution in [1.82, 2.24) is 10.6 Å². The molecule has 0 radical (unpaired) electrons. The maximum absolute atomic E-state index is 5.69. The van der Waals surface area contributed by atoms with E-state index in [-0.39, 0.29) is 24.0 Å². The van der Waals surface area contributed by atoms with Gasteiger partial charge in [0.1, 0.15) is 0 Å². The quantitative estimate of drug-likeness (QED) is 0.180. The fourth-order valence-electron chi connectivity index (χ4n) is 3.33. The highest BCUT2D eigenvalue weighted by atomic mass is 127. The van der Waals surface area contributed by atoms with Gasteiger partial charge in [0.15, 0.2) is 5.96 Å². The Balaban J connectivity index is 0.00000280. The van der Waals surface area contributed by atoms with E-state index in [0.29, 0.717) is 6.10 Å². The Morgan fingerprint density at radius 2 is 2.14 bits per heavy atom. The molecule has 0 saturated carbocycles. The number of anilines is 1. The van der Waals surface area contributed by atoms with Crippen molar-refractivity contribution in [3.05, 3.63) is 42.0 Å².